The van der Waals surface area contributed by atoms with Gasteiger partial charge < -0.3 is 10.9 Å². The fraction of sp³-hybridized carbons (Fsp3) is 0. The van der Waals surface area contributed by atoms with E-state index >= 15 is 0 Å². The second-order valence-electron chi connectivity index (χ2n) is 4.94. The Morgan fingerprint density at radius 2 is 2.00 bits per heavy atom. The van der Waals surface area contributed by atoms with Crippen LogP contribution in [0.5, 0.6) is 5.75 Å². The van der Waals surface area contributed by atoms with Crippen LogP contribution in [0.3, 0.4) is 0 Å². The Bertz CT molecular complexity index is 983. The van der Waals surface area contributed by atoms with Gasteiger partial charge in [-0.2, -0.15) is 5.10 Å². The molecule has 120 valence electrons. The van der Waals surface area contributed by atoms with E-state index in [4.69, 9.17) is 17.4 Å². The minimum atomic E-state index is -0.722. The molecule has 1 heterocycles. The summed E-state index contributed by atoms with van der Waals surface area (Å²) < 4.78 is 0. The van der Waals surface area contributed by atoms with Crippen LogP contribution in [0.15, 0.2) is 53.8 Å². The van der Waals surface area contributed by atoms with Gasteiger partial charge in [0.1, 0.15) is 5.71 Å². The van der Waals surface area contributed by atoms with Crippen LogP contribution in [0.4, 0.5) is 5.69 Å². The van der Waals surface area contributed by atoms with Crippen molar-refractivity contribution in [1.29, 1.82) is 0 Å². The maximum atomic E-state index is 11.1. The zero-order valence-electron chi connectivity index (χ0n) is 12.2. The van der Waals surface area contributed by atoms with E-state index in [0.717, 1.165) is 11.5 Å². The summed E-state index contributed by atoms with van der Waals surface area (Å²) in [7, 11) is 0. The lowest BCUT2D eigenvalue weighted by molar-refractivity contribution is -0.385. The molecule has 2 aromatic carbocycles. The van der Waals surface area contributed by atoms with Crippen molar-refractivity contribution in [3.8, 4) is 5.75 Å². The second-order valence-corrected chi connectivity index (χ2v) is 5.37. The number of pyridine rings is 1. The number of halogens is 1. The highest BCUT2D eigenvalue weighted by Crippen LogP contribution is 2.35. The molecule has 0 amide bonds. The van der Waals surface area contributed by atoms with E-state index in [2.05, 4.69) is 10.1 Å². The van der Waals surface area contributed by atoms with Crippen molar-refractivity contribution in [2.45, 2.75) is 0 Å². The van der Waals surface area contributed by atoms with Crippen molar-refractivity contribution < 1.29 is 10.0 Å². The molecule has 0 radical (unpaired) electrons. The fourth-order valence-electron chi connectivity index (χ4n) is 2.48. The summed E-state index contributed by atoms with van der Waals surface area (Å²) in [5, 5.41) is 26.0. The SMILES string of the molecule is N/N=C(\c1cc(Cl)cc([N+](=O)[O-])c1O)c1cccc2cccnc12. The first-order valence-corrected chi connectivity index (χ1v) is 7.20. The molecule has 0 bridgehead atoms. The number of benzene rings is 2. The van der Waals surface area contributed by atoms with Crippen LogP contribution in [-0.2, 0) is 0 Å². The summed E-state index contributed by atoms with van der Waals surface area (Å²) in [4.78, 5) is 14.7. The van der Waals surface area contributed by atoms with Crippen molar-refractivity contribution in [1.82, 2.24) is 4.98 Å². The van der Waals surface area contributed by atoms with Crippen LogP contribution in [0.2, 0.25) is 5.02 Å². The molecule has 8 heteroatoms. The first kappa shape index (κ1) is 15.7. The van der Waals surface area contributed by atoms with Crippen LogP contribution in [0.1, 0.15) is 11.1 Å². The number of aromatic hydroxyl groups is 1. The quantitative estimate of drug-likeness (QED) is 0.328. The lowest BCUT2D eigenvalue weighted by atomic mass is 9.98. The number of hydrogen-bond donors (Lipinski definition) is 2. The van der Waals surface area contributed by atoms with E-state index in [9.17, 15) is 15.2 Å². The number of nitro groups is 1. The van der Waals surface area contributed by atoms with Gasteiger partial charge in [0.15, 0.2) is 0 Å². The van der Waals surface area contributed by atoms with Crippen molar-refractivity contribution in [3.63, 3.8) is 0 Å². The van der Waals surface area contributed by atoms with Crippen LogP contribution < -0.4 is 5.84 Å². The molecule has 0 unspecified atom stereocenters. The Morgan fingerprint density at radius 3 is 2.71 bits per heavy atom. The summed E-state index contributed by atoms with van der Waals surface area (Å²) in [6.45, 7) is 0. The molecular weight excluding hydrogens is 332 g/mol. The lowest BCUT2D eigenvalue weighted by Crippen LogP contribution is -2.09. The molecule has 0 atom stereocenters. The van der Waals surface area contributed by atoms with E-state index in [1.165, 1.54) is 6.07 Å². The van der Waals surface area contributed by atoms with Gasteiger partial charge >= 0.3 is 5.69 Å². The van der Waals surface area contributed by atoms with Gasteiger partial charge in [0.2, 0.25) is 5.75 Å². The number of hydrogen-bond acceptors (Lipinski definition) is 6. The number of nitrogens with zero attached hydrogens (tertiary/aromatic N) is 3. The predicted octanol–water partition coefficient (Wildman–Crippen LogP) is 3.21. The maximum absolute atomic E-state index is 11.1. The number of para-hydroxylation sites is 1. The van der Waals surface area contributed by atoms with Crippen LogP contribution in [-0.4, -0.2) is 20.7 Å². The largest absolute Gasteiger partial charge is 0.502 e. The molecule has 7 nitrogen and oxygen atoms in total. The van der Waals surface area contributed by atoms with Gasteiger partial charge in [-0.15, -0.1) is 0 Å². The molecule has 3 N–H and O–H groups in total. The Balaban J connectivity index is 2.29. The average molecular weight is 343 g/mol. The molecule has 0 aliphatic rings. The van der Waals surface area contributed by atoms with Gasteiger partial charge in [-0.05, 0) is 12.1 Å². The predicted molar refractivity (Wildman–Crippen MR) is 91.3 cm³/mol. The maximum Gasteiger partial charge on any atom is 0.312 e. The Hall–Kier alpha value is -3.19. The van der Waals surface area contributed by atoms with Crippen molar-refractivity contribution >= 4 is 33.9 Å². The number of nitro benzene ring substituents is 1. The number of fused-ring (bicyclic) bond motifs is 1. The Kier molecular flexibility index (Phi) is 4.01. The van der Waals surface area contributed by atoms with E-state index in [0.29, 0.717) is 11.1 Å². The van der Waals surface area contributed by atoms with Crippen molar-refractivity contribution in [3.05, 3.63) is 74.9 Å². The molecule has 3 rings (SSSR count). The minimum absolute atomic E-state index is 0.0647. The highest BCUT2D eigenvalue weighted by molar-refractivity contribution is 6.32. The number of nitrogens with two attached hydrogens (primary N) is 1. The van der Waals surface area contributed by atoms with Gasteiger partial charge in [0.25, 0.3) is 0 Å². The van der Waals surface area contributed by atoms with Gasteiger partial charge in [-0.3, -0.25) is 15.1 Å². The molecule has 0 saturated heterocycles. The Morgan fingerprint density at radius 1 is 1.25 bits per heavy atom. The first-order valence-electron chi connectivity index (χ1n) is 6.82. The highest BCUT2D eigenvalue weighted by Gasteiger charge is 2.23. The summed E-state index contributed by atoms with van der Waals surface area (Å²) in [6, 6.07) is 11.4. The zero-order valence-corrected chi connectivity index (χ0v) is 12.9. The Labute approximate surface area is 141 Å². The summed E-state index contributed by atoms with van der Waals surface area (Å²) in [5.41, 5.74) is 0.831. The van der Waals surface area contributed by atoms with Crippen LogP contribution >= 0.6 is 11.6 Å². The van der Waals surface area contributed by atoms with E-state index in [-0.39, 0.29) is 16.3 Å². The molecule has 3 aromatic rings. The van der Waals surface area contributed by atoms with Gasteiger partial charge in [-0.25, -0.2) is 0 Å². The molecule has 1 aromatic heterocycles. The number of phenols is 1. The number of hydrazone groups is 1. The zero-order chi connectivity index (χ0) is 17.3. The summed E-state index contributed by atoms with van der Waals surface area (Å²) >= 11 is 5.95. The fourth-order valence-corrected chi connectivity index (χ4v) is 2.70. The van der Waals surface area contributed by atoms with Gasteiger partial charge in [0.05, 0.1) is 16.0 Å². The monoisotopic (exact) mass is 342 g/mol. The molecular formula is C16H11ClN4O3. The summed E-state index contributed by atoms with van der Waals surface area (Å²) in [6.07, 6.45) is 1.61. The van der Waals surface area contributed by atoms with Crippen molar-refractivity contribution in [2.24, 2.45) is 10.9 Å². The highest BCUT2D eigenvalue weighted by atomic mass is 35.5. The van der Waals surface area contributed by atoms with E-state index < -0.39 is 16.4 Å². The third-order valence-electron chi connectivity index (χ3n) is 3.52. The third-order valence-corrected chi connectivity index (χ3v) is 3.74. The third kappa shape index (κ3) is 2.61. The molecule has 24 heavy (non-hydrogen) atoms. The topological polar surface area (TPSA) is 115 Å². The first-order chi connectivity index (χ1) is 11.5. The standard InChI is InChI=1S/C16H11ClN4O3/c17-10-7-12(16(22)13(8-10)21(23)24)15(20-18)11-5-1-3-9-4-2-6-19-14(9)11/h1-8,22H,18H2/b20-15-. The number of rotatable bonds is 3. The van der Waals surface area contributed by atoms with Crippen LogP contribution in [0.25, 0.3) is 10.9 Å². The van der Waals surface area contributed by atoms with E-state index in [1.807, 2.05) is 12.1 Å². The molecule has 0 aliphatic carbocycles. The molecule has 0 fully saturated rings. The van der Waals surface area contributed by atoms with Gasteiger partial charge in [-0.1, -0.05) is 35.9 Å². The number of phenolic OH excluding ortho intramolecular Hbond substituents is 1. The minimum Gasteiger partial charge on any atom is -0.502 e. The van der Waals surface area contributed by atoms with Crippen molar-refractivity contribution in [2.75, 3.05) is 0 Å². The average Bonchev–Trinajstić information content (AvgIpc) is 2.58. The normalized spacial score (nSPS) is 11.6. The van der Waals surface area contributed by atoms with Gasteiger partial charge in [0, 0.05) is 28.2 Å². The van der Waals surface area contributed by atoms with Crippen LogP contribution in [0, 0.1) is 10.1 Å². The number of aromatic nitrogens is 1. The lowest BCUT2D eigenvalue weighted by Gasteiger charge is -2.11. The van der Waals surface area contributed by atoms with E-state index in [1.54, 1.807) is 24.4 Å². The second kappa shape index (κ2) is 6.13. The molecule has 0 spiro atoms. The molecule has 0 aliphatic heterocycles. The smallest absolute Gasteiger partial charge is 0.312 e. The molecule has 0 saturated carbocycles. The summed E-state index contributed by atoms with van der Waals surface area (Å²) in [5.74, 6) is 4.95.